The number of aromatic nitrogens is 2. The second-order valence-corrected chi connectivity index (χ2v) is 6.98. The van der Waals surface area contributed by atoms with Crippen LogP contribution in [0.15, 0.2) is 28.8 Å². The van der Waals surface area contributed by atoms with Crippen LogP contribution in [-0.2, 0) is 16.6 Å². The van der Waals surface area contributed by atoms with Gasteiger partial charge in [-0.2, -0.15) is 4.98 Å². The smallest absolute Gasteiger partial charge is 0.227 e. The average molecular weight is 329 g/mol. The van der Waals surface area contributed by atoms with Crippen LogP contribution in [0.4, 0.5) is 5.69 Å². The molecular formula is C18H23N3O3. The molecule has 128 valence electrons. The summed E-state index contributed by atoms with van der Waals surface area (Å²) in [6, 6.07) is 7.64. The van der Waals surface area contributed by atoms with Crippen molar-refractivity contribution in [2.45, 2.75) is 45.4 Å². The SMILES string of the molecule is CC(C)(C)c1noc(CCCC(=O)N2CCOc3ccccc32)n1. The average Bonchev–Trinajstić information content (AvgIpc) is 3.03. The van der Waals surface area contributed by atoms with Gasteiger partial charge in [-0.05, 0) is 18.6 Å². The van der Waals surface area contributed by atoms with Gasteiger partial charge in [0.15, 0.2) is 5.82 Å². The fraction of sp³-hybridized carbons (Fsp3) is 0.500. The Morgan fingerprint density at radius 1 is 1.29 bits per heavy atom. The number of carbonyl (C=O) groups is 1. The van der Waals surface area contributed by atoms with Crippen molar-refractivity contribution in [3.05, 3.63) is 36.0 Å². The lowest BCUT2D eigenvalue weighted by molar-refractivity contribution is -0.119. The fourth-order valence-electron chi connectivity index (χ4n) is 2.62. The largest absolute Gasteiger partial charge is 0.490 e. The number of carbonyl (C=O) groups excluding carboxylic acids is 1. The molecule has 0 bridgehead atoms. The minimum atomic E-state index is -0.130. The Morgan fingerprint density at radius 2 is 2.08 bits per heavy atom. The van der Waals surface area contributed by atoms with E-state index in [0.717, 1.165) is 11.4 Å². The van der Waals surface area contributed by atoms with Crippen LogP contribution in [0.3, 0.4) is 0 Å². The molecule has 1 aromatic heterocycles. The molecule has 6 heteroatoms. The molecule has 1 aliphatic heterocycles. The maximum Gasteiger partial charge on any atom is 0.227 e. The summed E-state index contributed by atoms with van der Waals surface area (Å²) in [5, 5.41) is 4.01. The van der Waals surface area contributed by atoms with Gasteiger partial charge in [0.2, 0.25) is 11.8 Å². The van der Waals surface area contributed by atoms with Gasteiger partial charge in [0.05, 0.1) is 12.2 Å². The van der Waals surface area contributed by atoms with E-state index in [4.69, 9.17) is 9.26 Å². The number of nitrogens with zero attached hydrogens (tertiary/aromatic N) is 3. The van der Waals surface area contributed by atoms with Crippen molar-refractivity contribution in [1.82, 2.24) is 10.1 Å². The number of fused-ring (bicyclic) bond motifs is 1. The van der Waals surface area contributed by atoms with Crippen LogP contribution in [-0.4, -0.2) is 29.2 Å². The summed E-state index contributed by atoms with van der Waals surface area (Å²) in [6.45, 7) is 7.25. The van der Waals surface area contributed by atoms with E-state index in [1.807, 2.05) is 45.0 Å². The summed E-state index contributed by atoms with van der Waals surface area (Å²) in [4.78, 5) is 18.7. The minimum Gasteiger partial charge on any atom is -0.490 e. The lowest BCUT2D eigenvalue weighted by atomic mass is 9.96. The zero-order valence-corrected chi connectivity index (χ0v) is 14.4. The minimum absolute atomic E-state index is 0.0984. The summed E-state index contributed by atoms with van der Waals surface area (Å²) < 4.78 is 10.9. The van der Waals surface area contributed by atoms with Crippen LogP contribution in [0.5, 0.6) is 5.75 Å². The zero-order valence-electron chi connectivity index (χ0n) is 14.4. The molecule has 6 nitrogen and oxygen atoms in total. The molecule has 24 heavy (non-hydrogen) atoms. The summed E-state index contributed by atoms with van der Waals surface area (Å²) in [5.74, 6) is 2.16. The quantitative estimate of drug-likeness (QED) is 0.862. The number of amides is 1. The highest BCUT2D eigenvalue weighted by Gasteiger charge is 2.24. The van der Waals surface area contributed by atoms with Crippen molar-refractivity contribution in [2.24, 2.45) is 0 Å². The number of benzene rings is 1. The van der Waals surface area contributed by atoms with Gasteiger partial charge in [0.25, 0.3) is 0 Å². The predicted octanol–water partition coefficient (Wildman–Crippen LogP) is 3.12. The van der Waals surface area contributed by atoms with Crippen molar-refractivity contribution in [3.63, 3.8) is 0 Å². The number of ether oxygens (including phenoxy) is 1. The van der Waals surface area contributed by atoms with Crippen LogP contribution >= 0.6 is 0 Å². The number of hydrogen-bond donors (Lipinski definition) is 0. The maximum absolute atomic E-state index is 12.5. The molecule has 1 amide bonds. The molecule has 1 aromatic carbocycles. The van der Waals surface area contributed by atoms with Crippen molar-refractivity contribution >= 4 is 11.6 Å². The molecule has 0 N–H and O–H groups in total. The predicted molar refractivity (Wildman–Crippen MR) is 90.2 cm³/mol. The van der Waals surface area contributed by atoms with Gasteiger partial charge in [-0.25, -0.2) is 0 Å². The molecule has 2 aromatic rings. The third-order valence-corrected chi connectivity index (χ3v) is 3.95. The third-order valence-electron chi connectivity index (χ3n) is 3.95. The van der Waals surface area contributed by atoms with Crippen LogP contribution < -0.4 is 9.64 Å². The Bertz CT molecular complexity index is 718. The summed E-state index contributed by atoms with van der Waals surface area (Å²) in [5.41, 5.74) is 0.719. The van der Waals surface area contributed by atoms with Gasteiger partial charge in [-0.1, -0.05) is 38.1 Å². The van der Waals surface area contributed by atoms with Crippen LogP contribution in [0.2, 0.25) is 0 Å². The molecule has 2 heterocycles. The highest BCUT2D eigenvalue weighted by Crippen LogP contribution is 2.31. The van der Waals surface area contributed by atoms with Crippen LogP contribution in [0, 0.1) is 0 Å². The van der Waals surface area contributed by atoms with Crippen molar-refractivity contribution in [1.29, 1.82) is 0 Å². The van der Waals surface area contributed by atoms with E-state index < -0.39 is 0 Å². The second kappa shape index (κ2) is 6.63. The van der Waals surface area contributed by atoms with E-state index >= 15 is 0 Å². The number of para-hydroxylation sites is 2. The van der Waals surface area contributed by atoms with E-state index in [-0.39, 0.29) is 11.3 Å². The first-order valence-electron chi connectivity index (χ1n) is 8.30. The third kappa shape index (κ3) is 3.58. The van der Waals surface area contributed by atoms with Gasteiger partial charge in [-0.3, -0.25) is 4.79 Å². The van der Waals surface area contributed by atoms with Gasteiger partial charge < -0.3 is 14.2 Å². The topological polar surface area (TPSA) is 68.5 Å². The Hall–Kier alpha value is -2.37. The highest BCUT2D eigenvalue weighted by molar-refractivity contribution is 5.95. The van der Waals surface area contributed by atoms with Gasteiger partial charge in [0, 0.05) is 18.3 Å². The molecule has 0 fully saturated rings. The van der Waals surface area contributed by atoms with Gasteiger partial charge in [-0.15, -0.1) is 0 Å². The van der Waals surface area contributed by atoms with Crippen molar-refractivity contribution < 1.29 is 14.1 Å². The molecule has 0 saturated heterocycles. The van der Waals surface area contributed by atoms with E-state index in [2.05, 4.69) is 10.1 Å². The first-order chi connectivity index (χ1) is 11.4. The van der Waals surface area contributed by atoms with Crippen molar-refractivity contribution in [2.75, 3.05) is 18.1 Å². The molecule has 0 spiro atoms. The molecule has 0 radical (unpaired) electrons. The Labute approximate surface area is 141 Å². The molecular weight excluding hydrogens is 306 g/mol. The zero-order chi connectivity index (χ0) is 17.2. The summed E-state index contributed by atoms with van der Waals surface area (Å²) in [7, 11) is 0. The second-order valence-electron chi connectivity index (χ2n) is 6.98. The van der Waals surface area contributed by atoms with Crippen LogP contribution in [0.25, 0.3) is 0 Å². The van der Waals surface area contributed by atoms with E-state index in [0.29, 0.717) is 44.1 Å². The highest BCUT2D eigenvalue weighted by atomic mass is 16.5. The van der Waals surface area contributed by atoms with Gasteiger partial charge >= 0.3 is 0 Å². The molecule has 0 unspecified atom stereocenters. The normalized spacial score (nSPS) is 14.2. The number of rotatable bonds is 4. The Morgan fingerprint density at radius 3 is 2.83 bits per heavy atom. The monoisotopic (exact) mass is 329 g/mol. The molecule has 3 rings (SSSR count). The Kier molecular flexibility index (Phi) is 4.55. The van der Waals surface area contributed by atoms with Gasteiger partial charge in [0.1, 0.15) is 12.4 Å². The fourth-order valence-corrected chi connectivity index (χ4v) is 2.62. The standard InChI is InChI=1S/C18H23N3O3/c1-18(2,3)17-19-15(24-20-17)9-6-10-16(22)21-11-12-23-14-8-5-4-7-13(14)21/h4-5,7-8H,6,9-12H2,1-3H3. The maximum atomic E-state index is 12.5. The summed E-state index contributed by atoms with van der Waals surface area (Å²) in [6.07, 6.45) is 1.74. The molecule has 1 aliphatic rings. The lowest BCUT2D eigenvalue weighted by Gasteiger charge is -2.29. The van der Waals surface area contributed by atoms with Crippen molar-refractivity contribution in [3.8, 4) is 5.75 Å². The summed E-state index contributed by atoms with van der Waals surface area (Å²) >= 11 is 0. The number of hydrogen-bond acceptors (Lipinski definition) is 5. The van der Waals surface area contributed by atoms with E-state index in [1.54, 1.807) is 4.90 Å². The van der Waals surface area contributed by atoms with E-state index in [9.17, 15) is 4.79 Å². The lowest BCUT2D eigenvalue weighted by Crippen LogP contribution is -2.37. The first-order valence-corrected chi connectivity index (χ1v) is 8.30. The number of anilines is 1. The van der Waals surface area contributed by atoms with E-state index in [1.165, 1.54) is 0 Å². The Balaban J connectivity index is 1.56. The van der Waals surface area contributed by atoms with Crippen LogP contribution in [0.1, 0.15) is 45.3 Å². The molecule has 0 aliphatic carbocycles. The molecule has 0 saturated carbocycles. The number of aryl methyl sites for hydroxylation is 1. The molecule has 0 atom stereocenters. The first kappa shape index (κ1) is 16.5.